The van der Waals surface area contributed by atoms with Gasteiger partial charge >= 0.3 is 0 Å². The zero-order valence-corrected chi connectivity index (χ0v) is 15.9. The van der Waals surface area contributed by atoms with Gasteiger partial charge < -0.3 is 4.52 Å². The lowest BCUT2D eigenvalue weighted by Crippen LogP contribution is -2.06. The molecule has 1 aliphatic heterocycles. The molecule has 0 N–H and O–H groups in total. The van der Waals surface area contributed by atoms with Gasteiger partial charge in [0.05, 0.1) is 24.3 Å². The van der Waals surface area contributed by atoms with E-state index in [4.69, 9.17) is 4.52 Å². The lowest BCUT2D eigenvalue weighted by atomic mass is 10.1. The fourth-order valence-electron chi connectivity index (χ4n) is 3.79. The normalized spacial score (nSPS) is 12.2. The molecule has 152 valence electrons. The molecule has 5 aromatic rings. The molecule has 6 rings (SSSR count). The van der Waals surface area contributed by atoms with Gasteiger partial charge in [-0.15, -0.1) is 0 Å². The van der Waals surface area contributed by atoms with Crippen molar-refractivity contribution in [1.82, 2.24) is 34.5 Å². The first kappa shape index (κ1) is 17.6. The summed E-state index contributed by atoms with van der Waals surface area (Å²) in [6, 6.07) is 10.7. The molecule has 0 saturated carbocycles. The molecule has 0 radical (unpaired) electrons. The van der Waals surface area contributed by atoms with Gasteiger partial charge in [0.1, 0.15) is 30.0 Å². The summed E-state index contributed by atoms with van der Waals surface area (Å²) in [7, 11) is 0. The van der Waals surface area contributed by atoms with E-state index in [0.717, 1.165) is 16.9 Å². The van der Waals surface area contributed by atoms with Crippen LogP contribution in [0.15, 0.2) is 59.6 Å². The van der Waals surface area contributed by atoms with Crippen LogP contribution in [0.4, 0.5) is 8.78 Å². The van der Waals surface area contributed by atoms with Crippen LogP contribution in [0.5, 0.6) is 0 Å². The number of benzene rings is 2. The molecule has 2 aromatic carbocycles. The topological polar surface area (TPSA) is 87.5 Å². The fraction of sp³-hybridized carbons (Fsp3) is 0.0952. The molecule has 0 unspecified atom stereocenters. The van der Waals surface area contributed by atoms with Gasteiger partial charge in [-0.3, -0.25) is 4.57 Å². The van der Waals surface area contributed by atoms with Crippen molar-refractivity contribution in [2.75, 3.05) is 0 Å². The summed E-state index contributed by atoms with van der Waals surface area (Å²) in [5, 5.41) is 8.34. The highest BCUT2D eigenvalue weighted by Crippen LogP contribution is 2.33. The van der Waals surface area contributed by atoms with Crippen LogP contribution in [-0.4, -0.2) is 34.5 Å². The molecule has 31 heavy (non-hydrogen) atoms. The lowest BCUT2D eigenvalue weighted by molar-refractivity contribution is 0.385. The Morgan fingerprint density at radius 1 is 1.03 bits per heavy atom. The molecule has 10 heteroatoms. The molecule has 0 atom stereocenters. The van der Waals surface area contributed by atoms with Gasteiger partial charge in [-0.25, -0.2) is 23.4 Å². The summed E-state index contributed by atoms with van der Waals surface area (Å²) in [5.41, 5.74) is 3.34. The van der Waals surface area contributed by atoms with Crippen LogP contribution in [0.1, 0.15) is 17.1 Å². The van der Waals surface area contributed by atoms with Gasteiger partial charge in [0.2, 0.25) is 11.7 Å². The Morgan fingerprint density at radius 2 is 1.94 bits per heavy atom. The van der Waals surface area contributed by atoms with Gasteiger partial charge in [-0.05, 0) is 35.9 Å². The van der Waals surface area contributed by atoms with E-state index in [0.29, 0.717) is 41.8 Å². The Hall–Kier alpha value is -4.21. The predicted octanol–water partition coefficient (Wildman–Crippen LogP) is 3.41. The maximum atomic E-state index is 13.9. The van der Waals surface area contributed by atoms with Crippen molar-refractivity contribution in [3.63, 3.8) is 0 Å². The van der Waals surface area contributed by atoms with Gasteiger partial charge in [0.25, 0.3) is 0 Å². The Bertz CT molecular complexity index is 1440. The summed E-state index contributed by atoms with van der Waals surface area (Å²) in [5.74, 6) is 0.531. The third-order valence-corrected chi connectivity index (χ3v) is 5.16. The molecule has 0 bridgehead atoms. The van der Waals surface area contributed by atoms with E-state index in [9.17, 15) is 8.78 Å². The average Bonchev–Trinajstić information content (AvgIpc) is 3.47. The fourth-order valence-corrected chi connectivity index (χ4v) is 3.79. The number of fused-ring (bicyclic) bond motifs is 5. The van der Waals surface area contributed by atoms with Crippen LogP contribution >= 0.6 is 0 Å². The number of aromatic nitrogens is 7. The first-order valence-electron chi connectivity index (χ1n) is 9.47. The molecule has 0 aliphatic carbocycles. The van der Waals surface area contributed by atoms with Gasteiger partial charge in [0.15, 0.2) is 5.82 Å². The molecule has 4 heterocycles. The van der Waals surface area contributed by atoms with Crippen LogP contribution < -0.4 is 0 Å². The van der Waals surface area contributed by atoms with Crippen molar-refractivity contribution < 1.29 is 13.3 Å². The number of hydrogen-bond donors (Lipinski definition) is 0. The smallest absolute Gasteiger partial charge is 0.231 e. The minimum absolute atomic E-state index is 0.302. The van der Waals surface area contributed by atoms with E-state index in [2.05, 4.69) is 25.2 Å². The summed E-state index contributed by atoms with van der Waals surface area (Å²) in [6.45, 7) is 0.342. The highest BCUT2D eigenvalue weighted by atomic mass is 19.1. The summed E-state index contributed by atoms with van der Waals surface area (Å²) in [6.07, 6.45) is 3.37. The number of hydrogen-bond acceptors (Lipinski definition) is 6. The third kappa shape index (κ3) is 2.91. The number of halogens is 2. The quantitative estimate of drug-likeness (QED) is 0.439. The van der Waals surface area contributed by atoms with Gasteiger partial charge in [-0.1, -0.05) is 17.3 Å². The zero-order chi connectivity index (χ0) is 20.9. The maximum absolute atomic E-state index is 13.9. The van der Waals surface area contributed by atoms with E-state index in [1.54, 1.807) is 29.2 Å². The van der Waals surface area contributed by atoms with Crippen molar-refractivity contribution in [2.45, 2.75) is 13.0 Å². The highest BCUT2D eigenvalue weighted by Gasteiger charge is 2.26. The van der Waals surface area contributed by atoms with Crippen LogP contribution in [0, 0.1) is 11.6 Å². The number of imidazole rings is 1. The van der Waals surface area contributed by atoms with Crippen LogP contribution in [0.3, 0.4) is 0 Å². The largest absolute Gasteiger partial charge is 0.339 e. The SMILES string of the molecule is Fc1cccc(Cc2nc(-c3ncn4c3Cn3ncnc3-c3cc(F)ccc3-4)no2)c1. The van der Waals surface area contributed by atoms with Crippen molar-refractivity contribution >= 4 is 0 Å². The van der Waals surface area contributed by atoms with E-state index < -0.39 is 0 Å². The molecular formula is C21H13F2N7O. The second-order valence-corrected chi connectivity index (χ2v) is 7.13. The Balaban J connectivity index is 1.43. The van der Waals surface area contributed by atoms with Crippen molar-refractivity contribution in [2.24, 2.45) is 0 Å². The minimum Gasteiger partial charge on any atom is -0.339 e. The van der Waals surface area contributed by atoms with Crippen molar-refractivity contribution in [3.05, 3.63) is 83.9 Å². The zero-order valence-electron chi connectivity index (χ0n) is 15.9. The monoisotopic (exact) mass is 417 g/mol. The summed E-state index contributed by atoms with van der Waals surface area (Å²) in [4.78, 5) is 13.2. The lowest BCUT2D eigenvalue weighted by Gasteiger charge is -2.08. The molecule has 0 spiro atoms. The first-order valence-corrected chi connectivity index (χ1v) is 9.47. The highest BCUT2D eigenvalue weighted by molar-refractivity contribution is 5.70. The van der Waals surface area contributed by atoms with E-state index in [-0.39, 0.29) is 11.6 Å². The standard InChI is InChI=1S/C21H13F2N7O/c22-13-3-1-2-12(6-13)7-18-27-20(28-31-18)19-17-9-30-21(24-10-26-30)15-8-14(23)4-5-16(15)29(17)11-25-19/h1-6,8,10-11H,7,9H2. The van der Waals surface area contributed by atoms with Crippen LogP contribution in [0.2, 0.25) is 0 Å². The molecular weight excluding hydrogens is 404 g/mol. The molecule has 0 amide bonds. The molecule has 0 fully saturated rings. The second kappa shape index (κ2) is 6.66. The Labute approximate surface area is 173 Å². The van der Waals surface area contributed by atoms with E-state index in [1.165, 1.54) is 30.6 Å². The summed E-state index contributed by atoms with van der Waals surface area (Å²) < 4.78 is 36.3. The van der Waals surface area contributed by atoms with Gasteiger partial charge in [0, 0.05) is 5.56 Å². The maximum Gasteiger partial charge on any atom is 0.231 e. The van der Waals surface area contributed by atoms with Crippen molar-refractivity contribution in [3.8, 4) is 28.6 Å². The average molecular weight is 417 g/mol. The van der Waals surface area contributed by atoms with Gasteiger partial charge in [-0.2, -0.15) is 10.1 Å². The van der Waals surface area contributed by atoms with Crippen LogP contribution in [0.25, 0.3) is 28.6 Å². The van der Waals surface area contributed by atoms with E-state index in [1.807, 2.05) is 4.57 Å². The van der Waals surface area contributed by atoms with E-state index >= 15 is 0 Å². The predicted molar refractivity (Wildman–Crippen MR) is 104 cm³/mol. The molecule has 8 nitrogen and oxygen atoms in total. The number of rotatable bonds is 3. The molecule has 0 saturated heterocycles. The Morgan fingerprint density at radius 3 is 2.84 bits per heavy atom. The summed E-state index contributed by atoms with van der Waals surface area (Å²) >= 11 is 0. The Kier molecular flexibility index (Phi) is 3.79. The third-order valence-electron chi connectivity index (χ3n) is 5.16. The van der Waals surface area contributed by atoms with Crippen LogP contribution in [-0.2, 0) is 13.0 Å². The number of nitrogens with zero attached hydrogens (tertiary/aromatic N) is 7. The first-order chi connectivity index (χ1) is 15.2. The molecule has 1 aliphatic rings. The second-order valence-electron chi connectivity index (χ2n) is 7.13. The molecule has 3 aromatic heterocycles. The minimum atomic E-state index is -0.364. The van der Waals surface area contributed by atoms with Crippen molar-refractivity contribution in [1.29, 1.82) is 0 Å².